The number of imidazole rings is 1. The summed E-state index contributed by atoms with van der Waals surface area (Å²) < 4.78 is 1.75. The highest BCUT2D eigenvalue weighted by Gasteiger charge is 2.13. The normalized spacial score (nSPS) is 10.1. The van der Waals surface area contributed by atoms with Gasteiger partial charge >= 0.3 is 0 Å². The number of nitrogens with zero attached hydrogens (tertiary/aromatic N) is 5. The predicted molar refractivity (Wildman–Crippen MR) is 90.0 cm³/mol. The minimum absolute atomic E-state index is 0.126. The Balaban J connectivity index is 2.13. The Hall–Kier alpha value is -3.64. The zero-order valence-corrected chi connectivity index (χ0v) is 13.0. The Labute approximate surface area is 139 Å². The van der Waals surface area contributed by atoms with E-state index in [1.807, 2.05) is 36.4 Å². The van der Waals surface area contributed by atoms with Crippen molar-refractivity contribution in [3.63, 3.8) is 0 Å². The maximum Gasteiger partial charge on any atom is 0.224 e. The van der Waals surface area contributed by atoms with Gasteiger partial charge in [-0.25, -0.2) is 9.97 Å². The van der Waals surface area contributed by atoms with Crippen molar-refractivity contribution in [1.82, 2.24) is 14.4 Å². The Morgan fingerprint density at radius 3 is 2.92 bits per heavy atom. The van der Waals surface area contributed by atoms with Crippen LogP contribution < -0.4 is 4.90 Å². The van der Waals surface area contributed by atoms with Gasteiger partial charge in [-0.1, -0.05) is 18.1 Å². The maximum atomic E-state index is 11.8. The molecule has 0 atom stereocenters. The van der Waals surface area contributed by atoms with E-state index in [1.54, 1.807) is 16.9 Å². The SMILES string of the molecule is C#CCN(C(C)=O)c1cccc(-c2ccnc3c(C#N)ncn23)c1. The summed E-state index contributed by atoms with van der Waals surface area (Å²) in [4.78, 5) is 21.6. The second-order valence-corrected chi connectivity index (χ2v) is 5.09. The average molecular weight is 315 g/mol. The van der Waals surface area contributed by atoms with Crippen LogP contribution in [0.1, 0.15) is 12.6 Å². The molecule has 3 aromatic rings. The monoisotopic (exact) mass is 315 g/mol. The first-order valence-electron chi connectivity index (χ1n) is 7.20. The van der Waals surface area contributed by atoms with Crippen LogP contribution in [-0.2, 0) is 4.79 Å². The summed E-state index contributed by atoms with van der Waals surface area (Å²) in [6.45, 7) is 1.68. The lowest BCUT2D eigenvalue weighted by atomic mass is 10.1. The summed E-state index contributed by atoms with van der Waals surface area (Å²) >= 11 is 0. The van der Waals surface area contributed by atoms with Crippen molar-refractivity contribution in [2.24, 2.45) is 0 Å². The van der Waals surface area contributed by atoms with Gasteiger partial charge in [-0.05, 0) is 18.2 Å². The summed E-state index contributed by atoms with van der Waals surface area (Å²) in [6, 6.07) is 11.3. The molecule has 6 heteroatoms. The Kier molecular flexibility index (Phi) is 3.96. The molecule has 0 radical (unpaired) electrons. The molecule has 0 unspecified atom stereocenters. The fourth-order valence-corrected chi connectivity index (χ4v) is 2.52. The number of hydrogen-bond donors (Lipinski definition) is 0. The minimum Gasteiger partial charge on any atom is -0.301 e. The molecule has 0 fully saturated rings. The molecular weight excluding hydrogens is 302 g/mol. The zero-order chi connectivity index (χ0) is 17.1. The number of aromatic nitrogens is 3. The molecule has 0 bridgehead atoms. The average Bonchev–Trinajstić information content (AvgIpc) is 3.02. The van der Waals surface area contributed by atoms with Crippen LogP contribution in [0, 0.1) is 23.7 Å². The highest BCUT2D eigenvalue weighted by atomic mass is 16.2. The molecule has 24 heavy (non-hydrogen) atoms. The molecule has 1 aromatic carbocycles. The summed E-state index contributed by atoms with van der Waals surface area (Å²) in [6.07, 6.45) is 8.54. The van der Waals surface area contributed by atoms with Crippen LogP contribution in [0.3, 0.4) is 0 Å². The van der Waals surface area contributed by atoms with Crippen LogP contribution in [0.15, 0.2) is 42.9 Å². The van der Waals surface area contributed by atoms with E-state index in [2.05, 4.69) is 15.9 Å². The van der Waals surface area contributed by atoms with Crippen LogP contribution in [0.5, 0.6) is 0 Å². The number of nitriles is 1. The van der Waals surface area contributed by atoms with Crippen molar-refractivity contribution in [2.75, 3.05) is 11.4 Å². The van der Waals surface area contributed by atoms with Crippen LogP contribution in [0.2, 0.25) is 0 Å². The molecule has 3 rings (SSSR count). The Bertz CT molecular complexity index is 1010. The van der Waals surface area contributed by atoms with E-state index in [-0.39, 0.29) is 18.1 Å². The van der Waals surface area contributed by atoms with Crippen LogP contribution >= 0.6 is 0 Å². The third-order valence-corrected chi connectivity index (χ3v) is 3.62. The molecule has 2 heterocycles. The van der Waals surface area contributed by atoms with Gasteiger partial charge in [-0.2, -0.15) is 5.26 Å². The molecule has 6 nitrogen and oxygen atoms in total. The number of fused-ring (bicyclic) bond motifs is 1. The van der Waals surface area contributed by atoms with Crippen LogP contribution in [0.25, 0.3) is 16.9 Å². The molecule has 1 amide bonds. The Morgan fingerprint density at radius 2 is 2.21 bits per heavy atom. The van der Waals surface area contributed by atoms with Crippen molar-refractivity contribution < 1.29 is 4.79 Å². The van der Waals surface area contributed by atoms with E-state index < -0.39 is 0 Å². The van der Waals surface area contributed by atoms with Gasteiger partial charge in [0.15, 0.2) is 11.3 Å². The minimum atomic E-state index is -0.126. The number of hydrogen-bond acceptors (Lipinski definition) is 4. The van der Waals surface area contributed by atoms with Crippen molar-refractivity contribution in [3.05, 3.63) is 48.5 Å². The first-order chi connectivity index (χ1) is 11.7. The van der Waals surface area contributed by atoms with Crippen molar-refractivity contribution in [2.45, 2.75) is 6.92 Å². The first-order valence-corrected chi connectivity index (χ1v) is 7.20. The predicted octanol–water partition coefficient (Wildman–Crippen LogP) is 2.25. The number of carbonyl (C=O) groups is 1. The molecule has 2 aromatic heterocycles. The molecule has 116 valence electrons. The summed E-state index contributed by atoms with van der Waals surface area (Å²) in [5.41, 5.74) is 3.16. The van der Waals surface area contributed by atoms with Crippen molar-refractivity contribution >= 4 is 17.2 Å². The molecule has 0 N–H and O–H groups in total. The molecule has 0 saturated heterocycles. The molecular formula is C18H13N5O. The highest BCUT2D eigenvalue weighted by Crippen LogP contribution is 2.25. The first kappa shape index (κ1) is 15.3. The van der Waals surface area contributed by atoms with Gasteiger partial charge in [-0.15, -0.1) is 6.42 Å². The Morgan fingerprint density at radius 1 is 1.38 bits per heavy atom. The van der Waals surface area contributed by atoms with Gasteiger partial charge in [0.1, 0.15) is 12.4 Å². The topological polar surface area (TPSA) is 74.3 Å². The van der Waals surface area contributed by atoms with E-state index >= 15 is 0 Å². The number of amides is 1. The number of carbonyl (C=O) groups excluding carboxylic acids is 1. The standard InChI is InChI=1S/C18H13N5O/c1-3-9-22(13(2)24)15-6-4-5-14(10-15)17-7-8-20-18-16(11-19)21-12-23(17)18/h1,4-8,10,12H,9H2,2H3. The lowest BCUT2D eigenvalue weighted by molar-refractivity contribution is -0.116. The summed E-state index contributed by atoms with van der Waals surface area (Å²) in [5, 5.41) is 9.09. The largest absolute Gasteiger partial charge is 0.301 e. The number of rotatable bonds is 3. The van der Waals surface area contributed by atoms with Crippen molar-refractivity contribution in [1.29, 1.82) is 5.26 Å². The molecule has 0 spiro atoms. The summed E-state index contributed by atoms with van der Waals surface area (Å²) in [7, 11) is 0. The molecule has 0 aliphatic rings. The van der Waals surface area contributed by atoms with Crippen molar-refractivity contribution in [3.8, 4) is 29.7 Å². The second kappa shape index (κ2) is 6.23. The summed E-state index contributed by atoms with van der Waals surface area (Å²) in [5.74, 6) is 2.37. The van der Waals surface area contributed by atoms with Gasteiger partial charge < -0.3 is 4.90 Å². The van der Waals surface area contributed by atoms with E-state index in [0.717, 1.165) is 11.3 Å². The second-order valence-electron chi connectivity index (χ2n) is 5.09. The van der Waals surface area contributed by atoms with Gasteiger partial charge in [0, 0.05) is 24.4 Å². The van der Waals surface area contributed by atoms with E-state index in [0.29, 0.717) is 11.3 Å². The number of terminal acetylenes is 1. The van der Waals surface area contributed by atoms with Gasteiger partial charge in [0.2, 0.25) is 5.91 Å². The van der Waals surface area contributed by atoms with Crippen LogP contribution in [0.4, 0.5) is 5.69 Å². The fourth-order valence-electron chi connectivity index (χ4n) is 2.52. The third-order valence-electron chi connectivity index (χ3n) is 3.62. The molecule has 0 aliphatic heterocycles. The smallest absolute Gasteiger partial charge is 0.224 e. The van der Waals surface area contributed by atoms with Gasteiger partial charge in [0.25, 0.3) is 0 Å². The fraction of sp³-hybridized carbons (Fsp3) is 0.111. The quantitative estimate of drug-likeness (QED) is 0.695. The molecule has 0 aliphatic carbocycles. The van der Waals surface area contributed by atoms with E-state index in [1.165, 1.54) is 11.8 Å². The van der Waals surface area contributed by atoms with E-state index in [9.17, 15) is 4.79 Å². The van der Waals surface area contributed by atoms with E-state index in [4.69, 9.17) is 11.7 Å². The van der Waals surface area contributed by atoms with Gasteiger partial charge in [0.05, 0.1) is 12.2 Å². The number of anilines is 1. The van der Waals surface area contributed by atoms with Crippen LogP contribution in [-0.4, -0.2) is 26.8 Å². The maximum absolute atomic E-state index is 11.8. The molecule has 0 saturated carbocycles. The lowest BCUT2D eigenvalue weighted by Crippen LogP contribution is -2.28. The lowest BCUT2D eigenvalue weighted by Gasteiger charge is -2.19. The zero-order valence-electron chi connectivity index (χ0n) is 13.0. The number of benzene rings is 1. The highest BCUT2D eigenvalue weighted by molar-refractivity contribution is 5.92. The third kappa shape index (κ3) is 2.57. The van der Waals surface area contributed by atoms with Gasteiger partial charge in [-0.3, -0.25) is 9.20 Å².